The normalized spacial score (nSPS) is 14.1. The predicted octanol–water partition coefficient (Wildman–Crippen LogP) is 7.39. The molecular formula is C32H26N2O4S. The van der Waals surface area contributed by atoms with Crippen molar-refractivity contribution in [3.05, 3.63) is 119 Å². The summed E-state index contributed by atoms with van der Waals surface area (Å²) in [6, 6.07) is 31.9. The van der Waals surface area contributed by atoms with E-state index < -0.39 is 6.29 Å². The van der Waals surface area contributed by atoms with Gasteiger partial charge in [0.25, 0.3) is 0 Å². The molecule has 4 aromatic carbocycles. The number of thiazole rings is 1. The van der Waals surface area contributed by atoms with Crippen molar-refractivity contribution in [3.8, 4) is 28.4 Å². The minimum atomic E-state index is -1.14. The van der Waals surface area contributed by atoms with E-state index in [1.165, 1.54) is 22.5 Å². The van der Waals surface area contributed by atoms with Gasteiger partial charge >= 0.3 is 0 Å². The van der Waals surface area contributed by atoms with Crippen LogP contribution in [0.3, 0.4) is 0 Å². The van der Waals surface area contributed by atoms with Crippen LogP contribution in [-0.4, -0.2) is 23.5 Å². The van der Waals surface area contributed by atoms with Gasteiger partial charge in [0.2, 0.25) is 6.29 Å². The number of hydrogen-bond acceptors (Lipinski definition) is 7. The largest absolute Gasteiger partial charge is 0.495 e. The Hall–Kier alpha value is -4.59. The fourth-order valence-electron chi connectivity index (χ4n) is 4.37. The summed E-state index contributed by atoms with van der Waals surface area (Å²) in [4.78, 5) is 4.65. The molecule has 0 saturated heterocycles. The number of aliphatic hydroxyl groups is 1. The summed E-state index contributed by atoms with van der Waals surface area (Å²) in [7, 11) is 1.63. The monoisotopic (exact) mass is 534 g/mol. The van der Waals surface area contributed by atoms with Crippen molar-refractivity contribution < 1.29 is 19.3 Å². The number of aliphatic hydroxyl groups excluding tert-OH is 1. The first-order chi connectivity index (χ1) is 19.2. The highest BCUT2D eigenvalue weighted by Crippen LogP contribution is 2.37. The van der Waals surface area contributed by atoms with Gasteiger partial charge in [0.05, 0.1) is 18.5 Å². The highest BCUT2D eigenvalue weighted by atomic mass is 32.1. The average Bonchev–Trinajstić information content (AvgIpc) is 3.45. The lowest BCUT2D eigenvalue weighted by Gasteiger charge is -2.23. The Morgan fingerprint density at radius 2 is 1.69 bits per heavy atom. The number of fused-ring (bicyclic) bond motifs is 1. The summed E-state index contributed by atoms with van der Waals surface area (Å²) in [6.45, 7) is 0.429. The fraction of sp³-hybridized carbons (Fsp3) is 0.0938. The van der Waals surface area contributed by atoms with Crippen LogP contribution in [0.5, 0.6) is 17.2 Å². The summed E-state index contributed by atoms with van der Waals surface area (Å²) in [5.41, 5.74) is 6.33. The quantitative estimate of drug-likeness (QED) is 0.216. The average molecular weight is 535 g/mol. The van der Waals surface area contributed by atoms with Crippen molar-refractivity contribution >= 4 is 33.8 Å². The summed E-state index contributed by atoms with van der Waals surface area (Å²) in [5.74, 6) is 1.96. The van der Waals surface area contributed by atoms with Gasteiger partial charge in [-0.3, -0.25) is 0 Å². The van der Waals surface area contributed by atoms with Crippen LogP contribution in [-0.2, 0) is 6.61 Å². The lowest BCUT2D eigenvalue weighted by molar-refractivity contribution is 0.0316. The molecule has 6 rings (SSSR count). The molecule has 0 bridgehead atoms. The number of rotatable bonds is 8. The molecule has 5 aromatic rings. The van der Waals surface area contributed by atoms with E-state index >= 15 is 0 Å². The number of ether oxygens (including phenoxy) is 3. The second-order valence-corrected chi connectivity index (χ2v) is 9.84. The summed E-state index contributed by atoms with van der Waals surface area (Å²) < 4.78 is 17.3. The van der Waals surface area contributed by atoms with Crippen LogP contribution in [0.2, 0.25) is 0 Å². The molecule has 0 saturated carbocycles. The zero-order valence-electron chi connectivity index (χ0n) is 21.2. The molecule has 0 radical (unpaired) electrons. The number of nitrogens with zero attached hydrogens (tertiary/aromatic N) is 1. The van der Waals surface area contributed by atoms with Gasteiger partial charge < -0.3 is 24.6 Å². The Kier molecular flexibility index (Phi) is 6.99. The molecule has 39 heavy (non-hydrogen) atoms. The molecule has 2 heterocycles. The van der Waals surface area contributed by atoms with Crippen molar-refractivity contribution in [3.63, 3.8) is 0 Å². The van der Waals surface area contributed by atoms with E-state index in [-0.39, 0.29) is 0 Å². The van der Waals surface area contributed by atoms with Gasteiger partial charge in [-0.05, 0) is 47.0 Å². The third-order valence-corrected chi connectivity index (χ3v) is 7.17. The van der Waals surface area contributed by atoms with Crippen LogP contribution in [0.4, 0.5) is 10.8 Å². The topological polar surface area (TPSA) is 72.8 Å². The molecule has 0 amide bonds. The van der Waals surface area contributed by atoms with Crippen LogP contribution >= 0.6 is 11.3 Å². The number of aromatic nitrogens is 1. The zero-order chi connectivity index (χ0) is 26.6. The molecule has 1 aliphatic rings. The van der Waals surface area contributed by atoms with Crippen LogP contribution < -0.4 is 19.5 Å². The Morgan fingerprint density at radius 1 is 0.923 bits per heavy atom. The van der Waals surface area contributed by atoms with E-state index in [1.54, 1.807) is 13.2 Å². The number of methoxy groups -OCH3 is 1. The molecule has 0 aliphatic carbocycles. The molecular weight excluding hydrogens is 508 g/mol. The highest BCUT2D eigenvalue weighted by Gasteiger charge is 2.24. The zero-order valence-corrected chi connectivity index (χ0v) is 22.0. The molecule has 1 aromatic heterocycles. The number of para-hydroxylation sites is 2. The minimum absolute atomic E-state index is 0.429. The Morgan fingerprint density at radius 3 is 2.51 bits per heavy atom. The van der Waals surface area contributed by atoms with Crippen LogP contribution in [0, 0.1) is 0 Å². The number of benzene rings is 4. The van der Waals surface area contributed by atoms with E-state index in [0.29, 0.717) is 34.5 Å². The van der Waals surface area contributed by atoms with Crippen molar-refractivity contribution in [1.82, 2.24) is 4.98 Å². The van der Waals surface area contributed by atoms with Gasteiger partial charge in [-0.25, -0.2) is 4.98 Å². The first-order valence-corrected chi connectivity index (χ1v) is 13.4. The third kappa shape index (κ3) is 5.50. The van der Waals surface area contributed by atoms with E-state index in [2.05, 4.69) is 46.7 Å². The lowest BCUT2D eigenvalue weighted by atomic mass is 10.0. The molecule has 6 nitrogen and oxygen atoms in total. The summed E-state index contributed by atoms with van der Waals surface area (Å²) in [5, 5.41) is 16.6. The minimum Gasteiger partial charge on any atom is -0.495 e. The summed E-state index contributed by atoms with van der Waals surface area (Å²) >= 11 is 1.44. The molecule has 1 aliphatic heterocycles. The Labute approximate surface area is 230 Å². The van der Waals surface area contributed by atoms with Gasteiger partial charge in [-0.15, -0.1) is 11.3 Å². The van der Waals surface area contributed by atoms with E-state index in [4.69, 9.17) is 14.2 Å². The number of nitrogens with one attached hydrogen (secondary N) is 1. The SMILES string of the molecule is COc1ccccc1Nc1nc(C2=Cc3ccc(OCc4ccc(-c5ccccc5)cc4)cc3OC2O)cs1. The maximum Gasteiger partial charge on any atom is 0.226 e. The fourth-order valence-corrected chi connectivity index (χ4v) is 5.10. The van der Waals surface area contributed by atoms with Crippen molar-refractivity contribution in [2.45, 2.75) is 12.9 Å². The smallest absolute Gasteiger partial charge is 0.226 e. The van der Waals surface area contributed by atoms with Crippen LogP contribution in [0.1, 0.15) is 16.8 Å². The van der Waals surface area contributed by atoms with Gasteiger partial charge in [-0.1, -0.05) is 66.7 Å². The van der Waals surface area contributed by atoms with E-state index in [9.17, 15) is 5.11 Å². The maximum atomic E-state index is 10.8. The van der Waals surface area contributed by atoms with E-state index in [0.717, 1.165) is 22.6 Å². The van der Waals surface area contributed by atoms with Crippen molar-refractivity contribution in [2.24, 2.45) is 0 Å². The van der Waals surface area contributed by atoms with Crippen LogP contribution in [0.15, 0.2) is 102 Å². The Balaban J connectivity index is 1.13. The van der Waals surface area contributed by atoms with Crippen LogP contribution in [0.25, 0.3) is 22.8 Å². The molecule has 1 unspecified atom stereocenters. The first-order valence-electron chi connectivity index (χ1n) is 12.5. The lowest BCUT2D eigenvalue weighted by Crippen LogP contribution is -2.21. The summed E-state index contributed by atoms with van der Waals surface area (Å²) in [6.07, 6.45) is 0.761. The maximum absolute atomic E-state index is 10.8. The molecule has 2 N–H and O–H groups in total. The molecule has 0 spiro atoms. The van der Waals surface area contributed by atoms with Gasteiger partial charge in [0, 0.05) is 22.6 Å². The second-order valence-electron chi connectivity index (χ2n) is 8.98. The number of hydrogen-bond donors (Lipinski definition) is 2. The van der Waals surface area contributed by atoms with Gasteiger partial charge in [0.15, 0.2) is 5.13 Å². The molecule has 7 heteroatoms. The van der Waals surface area contributed by atoms with Crippen molar-refractivity contribution in [1.29, 1.82) is 0 Å². The first kappa shape index (κ1) is 24.7. The number of anilines is 2. The second kappa shape index (κ2) is 11.0. The molecule has 0 fully saturated rings. The predicted molar refractivity (Wildman–Crippen MR) is 156 cm³/mol. The molecule has 194 valence electrons. The standard InChI is InChI=1S/C32H26N2O4S/c1-36-29-10-6-5-9-27(29)33-32-34-28(20-39-32)26-17-24-15-16-25(18-30(24)38-31(26)35)37-19-21-11-13-23(14-12-21)22-7-3-2-4-8-22/h2-18,20,31,35H,19H2,1H3,(H,33,34). The third-order valence-electron chi connectivity index (χ3n) is 6.42. The van der Waals surface area contributed by atoms with Gasteiger partial charge in [0.1, 0.15) is 23.9 Å². The molecule has 1 atom stereocenters. The van der Waals surface area contributed by atoms with Gasteiger partial charge in [-0.2, -0.15) is 0 Å². The Bertz CT molecular complexity index is 1610. The highest BCUT2D eigenvalue weighted by molar-refractivity contribution is 7.13. The van der Waals surface area contributed by atoms with Crippen molar-refractivity contribution in [2.75, 3.05) is 12.4 Å². The van der Waals surface area contributed by atoms with E-state index in [1.807, 2.05) is 66.1 Å².